The van der Waals surface area contributed by atoms with E-state index in [1.165, 1.54) is 0 Å². The first-order chi connectivity index (χ1) is 9.22. The molecule has 0 radical (unpaired) electrons. The predicted octanol–water partition coefficient (Wildman–Crippen LogP) is 1.97. The number of aliphatic hydroxyl groups is 1. The molecule has 1 aromatic rings. The van der Waals surface area contributed by atoms with Gasteiger partial charge in [-0.05, 0) is 32.0 Å². The van der Waals surface area contributed by atoms with Gasteiger partial charge in [-0.3, -0.25) is 9.69 Å². The molecule has 0 amide bonds. The summed E-state index contributed by atoms with van der Waals surface area (Å²) in [6, 6.07) is 7.30. The van der Waals surface area contributed by atoms with Crippen molar-refractivity contribution in [3.8, 4) is 5.75 Å². The number of ether oxygens (including phenoxy) is 1. The molecule has 0 fully saturated rings. The zero-order chi connectivity index (χ0) is 14.1. The third-order valence-electron chi connectivity index (χ3n) is 2.81. The minimum atomic E-state index is 0.0333. The molecule has 1 N–H and O–H groups in total. The molecule has 0 aliphatic carbocycles. The fraction of sp³-hybridized carbons (Fsp3) is 0.533. The Kier molecular flexibility index (Phi) is 7.15. The molecular weight excluding hydrogens is 242 g/mol. The van der Waals surface area contributed by atoms with Crippen molar-refractivity contribution in [1.29, 1.82) is 0 Å². The molecule has 1 rings (SSSR count). The van der Waals surface area contributed by atoms with Gasteiger partial charge < -0.3 is 9.84 Å². The molecule has 0 aliphatic rings. The van der Waals surface area contributed by atoms with Gasteiger partial charge in [0.15, 0.2) is 5.78 Å². The molecule has 19 heavy (non-hydrogen) atoms. The van der Waals surface area contributed by atoms with Crippen LogP contribution < -0.4 is 4.74 Å². The van der Waals surface area contributed by atoms with Crippen molar-refractivity contribution in [3.63, 3.8) is 0 Å². The van der Waals surface area contributed by atoms with Crippen LogP contribution in [-0.4, -0.2) is 48.6 Å². The topological polar surface area (TPSA) is 49.8 Å². The van der Waals surface area contributed by atoms with Gasteiger partial charge in [0.2, 0.25) is 0 Å². The van der Waals surface area contributed by atoms with Crippen LogP contribution in [0.4, 0.5) is 0 Å². The maximum Gasteiger partial charge on any atom is 0.180 e. The number of carbonyl (C=O) groups excluding carboxylic acids is 1. The minimum Gasteiger partial charge on any atom is -0.493 e. The van der Waals surface area contributed by atoms with E-state index in [9.17, 15) is 4.79 Å². The number of carbonyl (C=O) groups is 1. The second kappa shape index (κ2) is 8.67. The van der Waals surface area contributed by atoms with Crippen molar-refractivity contribution in [3.05, 3.63) is 29.8 Å². The van der Waals surface area contributed by atoms with E-state index in [0.29, 0.717) is 31.0 Å². The van der Waals surface area contributed by atoms with Gasteiger partial charge in [0.05, 0.1) is 25.3 Å². The second-order valence-corrected chi connectivity index (χ2v) is 4.35. The monoisotopic (exact) mass is 265 g/mol. The number of hydrogen-bond donors (Lipinski definition) is 1. The SMILES string of the molecule is CCCN(CCO)CC(=O)c1ccccc1OCC. The number of Topliss-reactive ketones (excluding diaryl/α,β-unsaturated/α-hetero) is 1. The summed E-state index contributed by atoms with van der Waals surface area (Å²) in [7, 11) is 0. The predicted molar refractivity (Wildman–Crippen MR) is 75.8 cm³/mol. The molecule has 4 heteroatoms. The van der Waals surface area contributed by atoms with E-state index in [2.05, 4.69) is 6.92 Å². The van der Waals surface area contributed by atoms with Crippen LogP contribution in [0.2, 0.25) is 0 Å². The first kappa shape index (κ1) is 15.7. The lowest BCUT2D eigenvalue weighted by molar-refractivity contribution is 0.0911. The quantitative estimate of drug-likeness (QED) is 0.694. The number of hydrogen-bond acceptors (Lipinski definition) is 4. The molecule has 0 aliphatic heterocycles. The molecular formula is C15H23NO3. The lowest BCUT2D eigenvalue weighted by Gasteiger charge is -2.20. The summed E-state index contributed by atoms with van der Waals surface area (Å²) in [6.07, 6.45) is 0.959. The molecule has 106 valence electrons. The normalized spacial score (nSPS) is 10.7. The zero-order valence-electron chi connectivity index (χ0n) is 11.8. The van der Waals surface area contributed by atoms with Crippen molar-refractivity contribution in [2.24, 2.45) is 0 Å². The molecule has 0 aromatic heterocycles. The van der Waals surface area contributed by atoms with Gasteiger partial charge in [-0.25, -0.2) is 0 Å². The van der Waals surface area contributed by atoms with Crippen LogP contribution in [0.3, 0.4) is 0 Å². The van der Waals surface area contributed by atoms with Crippen LogP contribution in [-0.2, 0) is 0 Å². The van der Waals surface area contributed by atoms with E-state index >= 15 is 0 Å². The average Bonchev–Trinajstić information content (AvgIpc) is 2.40. The Morgan fingerprint density at radius 2 is 2.00 bits per heavy atom. The average molecular weight is 265 g/mol. The molecule has 0 atom stereocenters. The summed E-state index contributed by atoms with van der Waals surface area (Å²) in [5.41, 5.74) is 0.614. The van der Waals surface area contributed by atoms with Crippen LogP contribution in [0.25, 0.3) is 0 Å². The van der Waals surface area contributed by atoms with Crippen molar-refractivity contribution in [2.75, 3.05) is 32.8 Å². The first-order valence-electron chi connectivity index (χ1n) is 6.81. The van der Waals surface area contributed by atoms with Crippen LogP contribution >= 0.6 is 0 Å². The van der Waals surface area contributed by atoms with Crippen LogP contribution in [0, 0.1) is 0 Å². The Morgan fingerprint density at radius 3 is 2.63 bits per heavy atom. The van der Waals surface area contributed by atoms with Crippen molar-refractivity contribution in [1.82, 2.24) is 4.90 Å². The van der Waals surface area contributed by atoms with E-state index < -0.39 is 0 Å². The molecule has 0 heterocycles. The lowest BCUT2D eigenvalue weighted by atomic mass is 10.1. The van der Waals surface area contributed by atoms with Crippen molar-refractivity contribution < 1.29 is 14.6 Å². The molecule has 0 saturated carbocycles. The third kappa shape index (κ3) is 5.01. The van der Waals surface area contributed by atoms with Crippen LogP contribution in [0.5, 0.6) is 5.75 Å². The summed E-state index contributed by atoms with van der Waals surface area (Å²) in [6.45, 7) is 6.22. The highest BCUT2D eigenvalue weighted by Gasteiger charge is 2.15. The van der Waals surface area contributed by atoms with Crippen molar-refractivity contribution >= 4 is 5.78 Å². The third-order valence-corrected chi connectivity index (χ3v) is 2.81. The second-order valence-electron chi connectivity index (χ2n) is 4.35. The van der Waals surface area contributed by atoms with Gasteiger partial charge in [-0.15, -0.1) is 0 Å². The fourth-order valence-corrected chi connectivity index (χ4v) is 1.99. The Hall–Kier alpha value is -1.39. The maximum atomic E-state index is 12.3. The largest absolute Gasteiger partial charge is 0.493 e. The Bertz CT molecular complexity index is 387. The van der Waals surface area contributed by atoms with Gasteiger partial charge in [0.25, 0.3) is 0 Å². The summed E-state index contributed by atoms with van der Waals surface area (Å²) in [4.78, 5) is 14.3. The zero-order valence-corrected chi connectivity index (χ0v) is 11.8. The fourth-order valence-electron chi connectivity index (χ4n) is 1.99. The summed E-state index contributed by atoms with van der Waals surface area (Å²) < 4.78 is 5.47. The van der Waals surface area contributed by atoms with Gasteiger partial charge in [0, 0.05) is 6.54 Å². The summed E-state index contributed by atoms with van der Waals surface area (Å²) in [5.74, 6) is 0.668. The molecule has 0 unspecified atom stereocenters. The lowest BCUT2D eigenvalue weighted by Crippen LogP contribution is -2.33. The summed E-state index contributed by atoms with van der Waals surface area (Å²) >= 11 is 0. The van der Waals surface area contributed by atoms with E-state index in [1.807, 2.05) is 30.0 Å². The Morgan fingerprint density at radius 1 is 1.26 bits per heavy atom. The number of ketones is 1. The van der Waals surface area contributed by atoms with Gasteiger partial charge in [0.1, 0.15) is 5.75 Å². The molecule has 0 saturated heterocycles. The molecule has 0 bridgehead atoms. The first-order valence-corrected chi connectivity index (χ1v) is 6.81. The number of rotatable bonds is 9. The van der Waals surface area contributed by atoms with Crippen LogP contribution in [0.15, 0.2) is 24.3 Å². The van der Waals surface area contributed by atoms with Gasteiger partial charge in [-0.2, -0.15) is 0 Å². The molecule has 4 nitrogen and oxygen atoms in total. The van der Waals surface area contributed by atoms with Crippen LogP contribution in [0.1, 0.15) is 30.6 Å². The highest BCUT2D eigenvalue weighted by Crippen LogP contribution is 2.18. The highest BCUT2D eigenvalue weighted by molar-refractivity contribution is 6.00. The smallest absolute Gasteiger partial charge is 0.180 e. The maximum absolute atomic E-state index is 12.3. The number of para-hydroxylation sites is 1. The number of aliphatic hydroxyl groups excluding tert-OH is 1. The number of nitrogens with zero attached hydrogens (tertiary/aromatic N) is 1. The van der Waals surface area contributed by atoms with E-state index in [4.69, 9.17) is 9.84 Å². The minimum absolute atomic E-state index is 0.0333. The van der Waals surface area contributed by atoms with E-state index in [0.717, 1.165) is 13.0 Å². The molecule has 0 spiro atoms. The number of benzene rings is 1. The van der Waals surface area contributed by atoms with Gasteiger partial charge in [-0.1, -0.05) is 19.1 Å². The summed E-state index contributed by atoms with van der Waals surface area (Å²) in [5, 5.41) is 9.01. The highest BCUT2D eigenvalue weighted by atomic mass is 16.5. The standard InChI is InChI=1S/C15H23NO3/c1-3-9-16(10-11-17)12-14(18)13-7-5-6-8-15(13)19-4-2/h5-8,17H,3-4,9-12H2,1-2H3. The Labute approximate surface area is 115 Å². The Balaban J connectivity index is 2.75. The van der Waals surface area contributed by atoms with Gasteiger partial charge >= 0.3 is 0 Å². The van der Waals surface area contributed by atoms with E-state index in [1.54, 1.807) is 6.07 Å². The van der Waals surface area contributed by atoms with E-state index in [-0.39, 0.29) is 12.4 Å². The van der Waals surface area contributed by atoms with Crippen molar-refractivity contribution in [2.45, 2.75) is 20.3 Å². The molecule has 1 aromatic carbocycles.